The normalized spacial score (nSPS) is 13.1. The van der Waals surface area contributed by atoms with E-state index in [0.29, 0.717) is 11.1 Å². The molecule has 106 valence electrons. The standard InChI is InChI=1S/C14H16N2O4/c1-10(15-18)8-9-11-6-4-5-7-12(11)13(16-20-3)14(17)19-2/h4-10H,1-3H3. The molecule has 6 heteroatoms. The molecule has 0 saturated heterocycles. The molecule has 0 heterocycles. The number of carbonyl (C=O) groups is 1. The van der Waals surface area contributed by atoms with E-state index in [1.54, 1.807) is 37.3 Å². The number of rotatable bonds is 6. The molecular weight excluding hydrogens is 260 g/mol. The van der Waals surface area contributed by atoms with E-state index in [9.17, 15) is 9.70 Å². The molecular formula is C14H16N2O4. The van der Waals surface area contributed by atoms with Gasteiger partial charge in [0.15, 0.2) is 5.71 Å². The van der Waals surface area contributed by atoms with Crippen molar-refractivity contribution in [1.82, 2.24) is 0 Å². The van der Waals surface area contributed by atoms with E-state index in [1.165, 1.54) is 14.2 Å². The summed E-state index contributed by atoms with van der Waals surface area (Å²) >= 11 is 0. The highest BCUT2D eigenvalue weighted by atomic mass is 16.6. The van der Waals surface area contributed by atoms with E-state index in [0.717, 1.165) is 0 Å². The number of esters is 1. The molecule has 0 aromatic heterocycles. The third kappa shape index (κ3) is 4.01. The van der Waals surface area contributed by atoms with Crippen molar-refractivity contribution in [3.8, 4) is 0 Å². The summed E-state index contributed by atoms with van der Waals surface area (Å²) in [5, 5.41) is 6.58. The second kappa shape index (κ2) is 7.83. The monoisotopic (exact) mass is 276 g/mol. The van der Waals surface area contributed by atoms with Crippen LogP contribution in [0.4, 0.5) is 0 Å². The Morgan fingerprint density at radius 1 is 1.30 bits per heavy atom. The highest BCUT2D eigenvalue weighted by molar-refractivity contribution is 6.43. The van der Waals surface area contributed by atoms with Crippen molar-refractivity contribution in [3.63, 3.8) is 0 Å². The van der Waals surface area contributed by atoms with Crippen molar-refractivity contribution in [2.75, 3.05) is 14.2 Å². The van der Waals surface area contributed by atoms with Crippen molar-refractivity contribution in [3.05, 3.63) is 46.4 Å². The van der Waals surface area contributed by atoms with Crippen molar-refractivity contribution in [1.29, 1.82) is 0 Å². The van der Waals surface area contributed by atoms with E-state index < -0.39 is 12.0 Å². The van der Waals surface area contributed by atoms with Crippen molar-refractivity contribution < 1.29 is 14.4 Å². The zero-order valence-corrected chi connectivity index (χ0v) is 11.6. The van der Waals surface area contributed by atoms with Gasteiger partial charge in [-0.05, 0) is 12.5 Å². The molecule has 6 nitrogen and oxygen atoms in total. The summed E-state index contributed by atoms with van der Waals surface area (Å²) in [4.78, 5) is 26.8. The molecule has 0 aliphatic heterocycles. The van der Waals surface area contributed by atoms with Gasteiger partial charge in [-0.3, -0.25) is 0 Å². The lowest BCUT2D eigenvalue weighted by molar-refractivity contribution is -0.132. The Morgan fingerprint density at radius 3 is 2.60 bits per heavy atom. The van der Waals surface area contributed by atoms with Crippen LogP contribution in [0.2, 0.25) is 0 Å². The molecule has 0 fully saturated rings. The molecule has 0 aliphatic rings. The van der Waals surface area contributed by atoms with Crippen LogP contribution >= 0.6 is 0 Å². The summed E-state index contributed by atoms with van der Waals surface area (Å²) in [6.45, 7) is 1.66. The largest absolute Gasteiger partial charge is 0.464 e. The number of methoxy groups -OCH3 is 1. The topological polar surface area (TPSA) is 77.3 Å². The minimum atomic E-state index is -0.603. The van der Waals surface area contributed by atoms with E-state index in [4.69, 9.17) is 0 Å². The van der Waals surface area contributed by atoms with Crippen LogP contribution < -0.4 is 0 Å². The summed E-state index contributed by atoms with van der Waals surface area (Å²) in [6.07, 6.45) is 3.34. The first-order valence-electron chi connectivity index (χ1n) is 5.93. The van der Waals surface area contributed by atoms with E-state index in [-0.39, 0.29) is 5.71 Å². The van der Waals surface area contributed by atoms with Crippen molar-refractivity contribution >= 4 is 17.8 Å². The van der Waals surface area contributed by atoms with Gasteiger partial charge in [0.05, 0.1) is 7.11 Å². The molecule has 0 amide bonds. The lowest BCUT2D eigenvalue weighted by Crippen LogP contribution is -2.18. The van der Waals surface area contributed by atoms with E-state index in [1.807, 2.05) is 6.07 Å². The molecule has 20 heavy (non-hydrogen) atoms. The molecule has 0 spiro atoms. The molecule has 0 radical (unpaired) electrons. The van der Waals surface area contributed by atoms with E-state index in [2.05, 4.69) is 19.9 Å². The Balaban J connectivity index is 3.23. The molecule has 1 rings (SSSR count). The molecule has 0 N–H and O–H groups in total. The molecule has 1 atom stereocenters. The molecule has 1 unspecified atom stereocenters. The van der Waals surface area contributed by atoms with Crippen LogP contribution in [-0.4, -0.2) is 31.9 Å². The number of benzene rings is 1. The average molecular weight is 276 g/mol. The zero-order chi connectivity index (χ0) is 15.0. The quantitative estimate of drug-likeness (QED) is 0.346. The molecule has 0 saturated carbocycles. The predicted octanol–water partition coefficient (Wildman–Crippen LogP) is 2.38. The second-order valence-corrected chi connectivity index (χ2v) is 3.91. The fourth-order valence-electron chi connectivity index (χ4n) is 1.52. The molecule has 0 bridgehead atoms. The Hall–Kier alpha value is -2.50. The highest BCUT2D eigenvalue weighted by Crippen LogP contribution is 2.14. The van der Waals surface area contributed by atoms with Crippen molar-refractivity contribution in [2.24, 2.45) is 10.3 Å². The van der Waals surface area contributed by atoms with Crippen LogP contribution in [0.15, 0.2) is 40.7 Å². The maximum atomic E-state index is 11.7. The van der Waals surface area contributed by atoms with Gasteiger partial charge < -0.3 is 9.57 Å². The predicted molar refractivity (Wildman–Crippen MR) is 76.3 cm³/mol. The van der Waals surface area contributed by atoms with Gasteiger partial charge in [-0.1, -0.05) is 46.8 Å². The first-order valence-corrected chi connectivity index (χ1v) is 5.93. The SMILES string of the molecule is CON=C(C(=O)OC)c1ccccc1C=CC(C)N=O. The van der Waals surface area contributed by atoms with Gasteiger partial charge in [-0.2, -0.15) is 4.91 Å². The van der Waals surface area contributed by atoms with Crippen molar-refractivity contribution in [2.45, 2.75) is 13.0 Å². The van der Waals surface area contributed by atoms with Gasteiger partial charge in [0, 0.05) is 5.56 Å². The van der Waals surface area contributed by atoms with Gasteiger partial charge in [0.25, 0.3) is 0 Å². The van der Waals surface area contributed by atoms with Gasteiger partial charge in [-0.15, -0.1) is 0 Å². The first kappa shape index (κ1) is 15.6. The number of nitroso groups, excluding NO2 is 1. The third-order valence-corrected chi connectivity index (χ3v) is 2.50. The Kier molecular flexibility index (Phi) is 6.09. The first-order chi connectivity index (χ1) is 9.63. The number of oxime groups is 1. The van der Waals surface area contributed by atoms with Gasteiger partial charge in [0.2, 0.25) is 0 Å². The Bertz CT molecular complexity index is 538. The Labute approximate surface area is 117 Å². The van der Waals surface area contributed by atoms with Crippen LogP contribution in [0.3, 0.4) is 0 Å². The summed E-state index contributed by atoms with van der Waals surface area (Å²) in [5.41, 5.74) is 1.32. The second-order valence-electron chi connectivity index (χ2n) is 3.91. The lowest BCUT2D eigenvalue weighted by Gasteiger charge is -2.07. The maximum Gasteiger partial charge on any atom is 0.360 e. The fraction of sp³-hybridized carbons (Fsp3) is 0.286. The van der Waals surface area contributed by atoms with Crippen LogP contribution in [0.1, 0.15) is 18.1 Å². The maximum absolute atomic E-state index is 11.7. The lowest BCUT2D eigenvalue weighted by atomic mass is 10.0. The summed E-state index contributed by atoms with van der Waals surface area (Å²) in [5.74, 6) is -0.603. The zero-order valence-electron chi connectivity index (χ0n) is 11.6. The highest BCUT2D eigenvalue weighted by Gasteiger charge is 2.18. The van der Waals surface area contributed by atoms with Crippen LogP contribution in [-0.2, 0) is 14.4 Å². The number of hydrogen-bond donors (Lipinski definition) is 0. The number of ether oxygens (including phenoxy) is 1. The smallest absolute Gasteiger partial charge is 0.360 e. The minimum absolute atomic E-state index is 0.0574. The summed E-state index contributed by atoms with van der Waals surface area (Å²) in [7, 11) is 2.62. The fourth-order valence-corrected chi connectivity index (χ4v) is 1.52. The molecule has 0 aliphatic carbocycles. The summed E-state index contributed by atoms with van der Waals surface area (Å²) < 4.78 is 4.68. The molecule has 1 aromatic carbocycles. The molecule has 1 aromatic rings. The van der Waals surface area contributed by atoms with Gasteiger partial charge in [-0.25, -0.2) is 4.79 Å². The van der Waals surface area contributed by atoms with Crippen LogP contribution in [0.5, 0.6) is 0 Å². The average Bonchev–Trinajstić information content (AvgIpc) is 2.49. The Morgan fingerprint density at radius 2 is 2.00 bits per heavy atom. The van der Waals surface area contributed by atoms with E-state index >= 15 is 0 Å². The number of carbonyl (C=O) groups excluding carboxylic acids is 1. The number of nitrogens with zero attached hydrogens (tertiary/aromatic N) is 2. The summed E-state index contributed by atoms with van der Waals surface area (Å²) in [6, 6.07) is 6.63. The third-order valence-electron chi connectivity index (χ3n) is 2.50. The van der Waals surface area contributed by atoms with Crippen LogP contribution in [0.25, 0.3) is 6.08 Å². The minimum Gasteiger partial charge on any atom is -0.464 e. The number of hydrogen-bond acceptors (Lipinski definition) is 6. The van der Waals surface area contributed by atoms with Gasteiger partial charge in [0.1, 0.15) is 13.2 Å². The van der Waals surface area contributed by atoms with Gasteiger partial charge >= 0.3 is 5.97 Å². The van der Waals surface area contributed by atoms with Crippen LogP contribution in [0, 0.1) is 4.91 Å².